The van der Waals surface area contributed by atoms with Crippen molar-refractivity contribution in [1.29, 1.82) is 0 Å². The summed E-state index contributed by atoms with van der Waals surface area (Å²) >= 11 is 0. The highest BCUT2D eigenvalue weighted by atomic mass is 19.1. The van der Waals surface area contributed by atoms with Crippen LogP contribution in [0.25, 0.3) is 22.6 Å². The first-order valence-electron chi connectivity index (χ1n) is 6.20. The van der Waals surface area contributed by atoms with Gasteiger partial charge in [0.15, 0.2) is 5.76 Å². The maximum atomic E-state index is 13.7. The zero-order chi connectivity index (χ0) is 14.8. The van der Waals surface area contributed by atoms with Gasteiger partial charge in [0.2, 0.25) is 0 Å². The van der Waals surface area contributed by atoms with Crippen LogP contribution in [0.1, 0.15) is 10.4 Å². The Kier molecular flexibility index (Phi) is 3.23. The van der Waals surface area contributed by atoms with E-state index in [0.717, 1.165) is 0 Å². The van der Waals surface area contributed by atoms with Gasteiger partial charge in [-0.05, 0) is 24.3 Å². The standard InChI is InChI=1S/C16H10FNO3/c17-13-7-2-1-6-12(13)14-9-15(21-18-14)10-4-3-5-11(8-10)16(19)20/h1-9H,(H,19,20). The summed E-state index contributed by atoms with van der Waals surface area (Å²) in [5.74, 6) is -1.03. The molecule has 0 fully saturated rings. The van der Waals surface area contributed by atoms with E-state index in [1.54, 1.807) is 36.4 Å². The summed E-state index contributed by atoms with van der Waals surface area (Å²) < 4.78 is 18.9. The number of carbonyl (C=O) groups is 1. The lowest BCUT2D eigenvalue weighted by atomic mass is 10.1. The second kappa shape index (κ2) is 5.20. The zero-order valence-electron chi connectivity index (χ0n) is 10.8. The highest BCUT2D eigenvalue weighted by molar-refractivity contribution is 5.89. The van der Waals surface area contributed by atoms with Gasteiger partial charge >= 0.3 is 5.97 Å². The average Bonchev–Trinajstić information content (AvgIpc) is 2.97. The summed E-state index contributed by atoms with van der Waals surface area (Å²) in [7, 11) is 0. The molecule has 0 aliphatic carbocycles. The van der Waals surface area contributed by atoms with Crippen molar-refractivity contribution in [3.8, 4) is 22.6 Å². The monoisotopic (exact) mass is 283 g/mol. The molecule has 3 aromatic rings. The van der Waals surface area contributed by atoms with Crippen LogP contribution in [0.15, 0.2) is 59.1 Å². The van der Waals surface area contributed by atoms with E-state index in [1.807, 2.05) is 0 Å². The summed E-state index contributed by atoms with van der Waals surface area (Å²) in [6.45, 7) is 0. The summed E-state index contributed by atoms with van der Waals surface area (Å²) in [6, 6.07) is 14.1. The third kappa shape index (κ3) is 2.53. The minimum absolute atomic E-state index is 0.149. The molecule has 0 unspecified atom stereocenters. The van der Waals surface area contributed by atoms with Crippen LogP contribution in [0.3, 0.4) is 0 Å². The van der Waals surface area contributed by atoms with Crippen molar-refractivity contribution >= 4 is 5.97 Å². The maximum absolute atomic E-state index is 13.7. The van der Waals surface area contributed by atoms with Gasteiger partial charge in [-0.2, -0.15) is 0 Å². The van der Waals surface area contributed by atoms with Crippen molar-refractivity contribution in [2.75, 3.05) is 0 Å². The number of carboxylic acid groups (broad SMARTS) is 1. The smallest absolute Gasteiger partial charge is 0.335 e. The second-order valence-electron chi connectivity index (χ2n) is 4.44. The Bertz CT molecular complexity index is 811. The molecule has 4 nitrogen and oxygen atoms in total. The number of rotatable bonds is 3. The lowest BCUT2D eigenvalue weighted by molar-refractivity contribution is 0.0697. The molecule has 0 spiro atoms. The summed E-state index contributed by atoms with van der Waals surface area (Å²) in [5.41, 5.74) is 1.42. The molecular weight excluding hydrogens is 273 g/mol. The maximum Gasteiger partial charge on any atom is 0.335 e. The molecule has 1 heterocycles. The van der Waals surface area contributed by atoms with Gasteiger partial charge in [0, 0.05) is 17.2 Å². The molecule has 0 aliphatic rings. The molecule has 0 atom stereocenters. The first-order chi connectivity index (χ1) is 10.1. The number of hydrogen-bond donors (Lipinski definition) is 1. The van der Waals surface area contributed by atoms with Crippen LogP contribution in [0.4, 0.5) is 4.39 Å². The molecule has 3 rings (SSSR count). The van der Waals surface area contributed by atoms with Crippen molar-refractivity contribution in [2.24, 2.45) is 0 Å². The molecule has 0 amide bonds. The van der Waals surface area contributed by atoms with Crippen molar-refractivity contribution in [2.45, 2.75) is 0 Å². The number of hydrogen-bond acceptors (Lipinski definition) is 3. The molecular formula is C16H10FNO3. The molecule has 0 radical (unpaired) electrons. The van der Waals surface area contributed by atoms with Crippen LogP contribution >= 0.6 is 0 Å². The Morgan fingerprint density at radius 2 is 1.90 bits per heavy atom. The van der Waals surface area contributed by atoms with E-state index in [-0.39, 0.29) is 5.56 Å². The van der Waals surface area contributed by atoms with Crippen molar-refractivity contribution < 1.29 is 18.8 Å². The SMILES string of the molecule is O=C(O)c1cccc(-c2cc(-c3ccccc3F)no2)c1. The number of halogens is 1. The largest absolute Gasteiger partial charge is 0.478 e. The fraction of sp³-hybridized carbons (Fsp3) is 0. The molecule has 1 N–H and O–H groups in total. The van der Waals surface area contributed by atoms with Gasteiger partial charge in [-0.1, -0.05) is 29.4 Å². The third-order valence-corrected chi connectivity index (χ3v) is 3.05. The van der Waals surface area contributed by atoms with Crippen LogP contribution in [-0.4, -0.2) is 16.2 Å². The Morgan fingerprint density at radius 3 is 2.67 bits per heavy atom. The van der Waals surface area contributed by atoms with Gasteiger partial charge in [0.05, 0.1) is 5.56 Å². The average molecular weight is 283 g/mol. The summed E-state index contributed by atoms with van der Waals surface area (Å²) in [6.07, 6.45) is 0. The Morgan fingerprint density at radius 1 is 1.10 bits per heavy atom. The number of aromatic nitrogens is 1. The van der Waals surface area contributed by atoms with E-state index in [0.29, 0.717) is 22.6 Å². The van der Waals surface area contributed by atoms with Gasteiger partial charge < -0.3 is 9.63 Å². The summed E-state index contributed by atoms with van der Waals surface area (Å²) in [4.78, 5) is 11.0. The zero-order valence-corrected chi connectivity index (χ0v) is 10.8. The van der Waals surface area contributed by atoms with Crippen LogP contribution in [-0.2, 0) is 0 Å². The highest BCUT2D eigenvalue weighted by Crippen LogP contribution is 2.27. The summed E-state index contributed by atoms with van der Waals surface area (Å²) in [5, 5.41) is 12.8. The van der Waals surface area contributed by atoms with E-state index in [1.165, 1.54) is 18.2 Å². The van der Waals surface area contributed by atoms with Crippen LogP contribution in [0.5, 0.6) is 0 Å². The third-order valence-electron chi connectivity index (χ3n) is 3.05. The lowest BCUT2D eigenvalue weighted by Gasteiger charge is -1.97. The molecule has 0 saturated heterocycles. The van der Waals surface area contributed by atoms with Crippen LogP contribution < -0.4 is 0 Å². The van der Waals surface area contributed by atoms with E-state index >= 15 is 0 Å². The Hall–Kier alpha value is -2.95. The minimum Gasteiger partial charge on any atom is -0.478 e. The van der Waals surface area contributed by atoms with Crippen LogP contribution in [0.2, 0.25) is 0 Å². The predicted octanol–water partition coefficient (Wildman–Crippen LogP) is 3.85. The molecule has 21 heavy (non-hydrogen) atoms. The Balaban J connectivity index is 2.01. The van der Waals surface area contributed by atoms with E-state index in [9.17, 15) is 9.18 Å². The van der Waals surface area contributed by atoms with Gasteiger partial charge in [0.1, 0.15) is 11.5 Å². The molecule has 0 saturated carbocycles. The fourth-order valence-electron chi connectivity index (χ4n) is 2.01. The predicted molar refractivity (Wildman–Crippen MR) is 74.3 cm³/mol. The molecule has 2 aromatic carbocycles. The van der Waals surface area contributed by atoms with Crippen molar-refractivity contribution in [3.05, 3.63) is 66.0 Å². The normalized spacial score (nSPS) is 10.5. The van der Waals surface area contributed by atoms with Crippen LogP contribution in [0, 0.1) is 5.82 Å². The number of carboxylic acids is 1. The number of benzene rings is 2. The van der Waals surface area contributed by atoms with E-state index in [4.69, 9.17) is 9.63 Å². The van der Waals surface area contributed by atoms with Crippen molar-refractivity contribution in [3.63, 3.8) is 0 Å². The fourth-order valence-corrected chi connectivity index (χ4v) is 2.01. The van der Waals surface area contributed by atoms with E-state index < -0.39 is 11.8 Å². The first kappa shape index (κ1) is 13.1. The molecule has 5 heteroatoms. The van der Waals surface area contributed by atoms with E-state index in [2.05, 4.69) is 5.16 Å². The number of nitrogens with zero attached hydrogens (tertiary/aromatic N) is 1. The quantitative estimate of drug-likeness (QED) is 0.793. The molecule has 1 aromatic heterocycles. The van der Waals surface area contributed by atoms with Gasteiger partial charge in [-0.15, -0.1) is 0 Å². The van der Waals surface area contributed by atoms with Gasteiger partial charge in [-0.25, -0.2) is 9.18 Å². The molecule has 0 bridgehead atoms. The van der Waals surface area contributed by atoms with Crippen molar-refractivity contribution in [1.82, 2.24) is 5.16 Å². The number of aromatic carboxylic acids is 1. The first-order valence-corrected chi connectivity index (χ1v) is 6.20. The highest BCUT2D eigenvalue weighted by Gasteiger charge is 2.13. The second-order valence-corrected chi connectivity index (χ2v) is 4.44. The van der Waals surface area contributed by atoms with Gasteiger partial charge in [-0.3, -0.25) is 0 Å². The minimum atomic E-state index is -1.02. The molecule has 104 valence electrons. The lowest BCUT2D eigenvalue weighted by Crippen LogP contribution is -1.95. The topological polar surface area (TPSA) is 63.3 Å². The Labute approximate surface area is 119 Å². The van der Waals surface area contributed by atoms with Gasteiger partial charge in [0.25, 0.3) is 0 Å². The molecule has 0 aliphatic heterocycles.